The van der Waals surface area contributed by atoms with Gasteiger partial charge >= 0.3 is 0 Å². The second-order valence-electron chi connectivity index (χ2n) is 5.98. The molecule has 0 aromatic heterocycles. The summed E-state index contributed by atoms with van der Waals surface area (Å²) >= 11 is 0. The highest BCUT2D eigenvalue weighted by molar-refractivity contribution is 7.89. The van der Waals surface area contributed by atoms with Crippen LogP contribution in [0.4, 0.5) is 0 Å². The molecule has 0 unspecified atom stereocenters. The van der Waals surface area contributed by atoms with Crippen molar-refractivity contribution < 1.29 is 13.2 Å². The van der Waals surface area contributed by atoms with Crippen molar-refractivity contribution >= 4 is 28.3 Å². The van der Waals surface area contributed by atoms with Crippen LogP contribution in [-0.4, -0.2) is 68.6 Å². The summed E-state index contributed by atoms with van der Waals surface area (Å²) in [6.07, 6.45) is 1.96. The van der Waals surface area contributed by atoms with E-state index in [9.17, 15) is 13.2 Å². The van der Waals surface area contributed by atoms with Crippen LogP contribution in [0.25, 0.3) is 0 Å². The summed E-state index contributed by atoms with van der Waals surface area (Å²) in [4.78, 5) is 14.1. The van der Waals surface area contributed by atoms with Gasteiger partial charge in [-0.25, -0.2) is 12.7 Å². The highest BCUT2D eigenvalue weighted by atomic mass is 35.5. The molecule has 1 amide bonds. The number of nitrogens with zero attached hydrogens (tertiary/aromatic N) is 2. The third kappa shape index (κ3) is 4.57. The molecule has 1 N–H and O–H groups in total. The molecule has 22 heavy (non-hydrogen) atoms. The lowest BCUT2D eigenvalue weighted by molar-refractivity contribution is -0.128. The van der Waals surface area contributed by atoms with Crippen molar-refractivity contribution in [1.29, 1.82) is 0 Å². The molecule has 6 nitrogen and oxygen atoms in total. The second-order valence-corrected chi connectivity index (χ2v) is 7.95. The first-order valence-electron chi connectivity index (χ1n) is 7.94. The van der Waals surface area contributed by atoms with E-state index in [2.05, 4.69) is 5.32 Å². The van der Waals surface area contributed by atoms with Crippen LogP contribution in [0.5, 0.6) is 0 Å². The minimum atomic E-state index is -3.47. The number of amides is 1. The maximum atomic E-state index is 12.3. The summed E-state index contributed by atoms with van der Waals surface area (Å²) in [6.45, 7) is 7.88. The minimum absolute atomic E-state index is 0. The van der Waals surface area contributed by atoms with E-state index in [-0.39, 0.29) is 24.1 Å². The van der Waals surface area contributed by atoms with E-state index >= 15 is 0 Å². The van der Waals surface area contributed by atoms with Crippen molar-refractivity contribution in [2.75, 3.05) is 45.0 Å². The number of carbonyl (C=O) groups is 1. The van der Waals surface area contributed by atoms with E-state index in [1.54, 1.807) is 18.7 Å². The molecule has 0 aromatic rings. The van der Waals surface area contributed by atoms with Gasteiger partial charge in [0.15, 0.2) is 0 Å². The summed E-state index contributed by atoms with van der Waals surface area (Å²) < 4.78 is 25.8. The zero-order chi connectivity index (χ0) is 15.5. The van der Waals surface area contributed by atoms with Gasteiger partial charge in [-0.2, -0.15) is 0 Å². The molecule has 2 fully saturated rings. The number of likely N-dealkylation sites (tertiary alicyclic amines) is 1. The summed E-state index contributed by atoms with van der Waals surface area (Å²) in [5.41, 5.74) is 0. The van der Waals surface area contributed by atoms with Crippen molar-refractivity contribution in [3.05, 3.63) is 0 Å². The zero-order valence-corrected chi connectivity index (χ0v) is 15.1. The Balaban J connectivity index is 0.00000242. The van der Waals surface area contributed by atoms with Crippen molar-refractivity contribution in [1.82, 2.24) is 14.5 Å². The Hall–Kier alpha value is -0.370. The molecular formula is C14H28ClN3O3S. The number of nitrogens with one attached hydrogen (secondary N) is 1. The van der Waals surface area contributed by atoms with Gasteiger partial charge in [-0.1, -0.05) is 13.8 Å². The lowest BCUT2D eigenvalue weighted by atomic mass is 9.92. The normalized spacial score (nSPS) is 25.5. The molecule has 0 bridgehead atoms. The zero-order valence-electron chi connectivity index (χ0n) is 13.5. The molecule has 2 heterocycles. The van der Waals surface area contributed by atoms with E-state index in [1.165, 1.54) is 4.31 Å². The highest BCUT2D eigenvalue weighted by Gasteiger charge is 2.33. The van der Waals surface area contributed by atoms with Gasteiger partial charge in [0, 0.05) is 26.2 Å². The third-order valence-corrected chi connectivity index (χ3v) is 6.69. The predicted octanol–water partition coefficient (Wildman–Crippen LogP) is 0.538. The summed E-state index contributed by atoms with van der Waals surface area (Å²) in [5, 5.41) is 3.40. The molecule has 0 radical (unpaired) electrons. The Morgan fingerprint density at radius 3 is 2.09 bits per heavy atom. The molecule has 0 aliphatic carbocycles. The van der Waals surface area contributed by atoms with Crippen molar-refractivity contribution in [2.24, 2.45) is 11.8 Å². The number of hydrogen-bond donors (Lipinski definition) is 1. The number of halogens is 1. The molecule has 2 atom stereocenters. The molecule has 2 rings (SSSR count). The third-order valence-electron chi connectivity index (χ3n) is 4.78. The van der Waals surface area contributed by atoms with Gasteiger partial charge in [-0.3, -0.25) is 4.79 Å². The van der Waals surface area contributed by atoms with Gasteiger partial charge in [-0.05, 0) is 37.8 Å². The molecule has 0 spiro atoms. The van der Waals surface area contributed by atoms with Gasteiger partial charge in [-0.15, -0.1) is 12.4 Å². The van der Waals surface area contributed by atoms with Gasteiger partial charge in [0.1, 0.15) is 5.75 Å². The first-order chi connectivity index (χ1) is 9.97. The van der Waals surface area contributed by atoms with Crippen LogP contribution in [0.1, 0.15) is 26.7 Å². The van der Waals surface area contributed by atoms with E-state index in [0.717, 1.165) is 25.9 Å². The fourth-order valence-corrected chi connectivity index (χ4v) is 4.89. The molecule has 0 aromatic carbocycles. The van der Waals surface area contributed by atoms with Crippen molar-refractivity contribution in [2.45, 2.75) is 26.7 Å². The van der Waals surface area contributed by atoms with Crippen molar-refractivity contribution in [3.63, 3.8) is 0 Å². The van der Waals surface area contributed by atoms with Crippen LogP contribution in [-0.2, 0) is 14.8 Å². The van der Waals surface area contributed by atoms with E-state index in [0.29, 0.717) is 38.0 Å². The average Bonchev–Trinajstić information content (AvgIpc) is 2.77. The number of sulfonamides is 1. The molecular weight excluding hydrogens is 326 g/mol. The standard InChI is InChI=1S/C14H27N3O3S.ClH/c1-3-17(4-2)21(19,20)11-14(18)16-7-5-12-9-15-10-13(12)6-8-16;/h12-13,15H,3-11H2,1-2H3;1H/t12-,13+;. The van der Waals surface area contributed by atoms with Crippen molar-refractivity contribution in [3.8, 4) is 0 Å². The lowest BCUT2D eigenvalue weighted by Gasteiger charge is -2.23. The average molecular weight is 354 g/mol. The first-order valence-corrected chi connectivity index (χ1v) is 9.55. The second kappa shape index (κ2) is 8.47. The van der Waals surface area contributed by atoms with E-state index in [4.69, 9.17) is 0 Å². The van der Waals surface area contributed by atoms with Crippen LogP contribution in [0.3, 0.4) is 0 Å². The van der Waals surface area contributed by atoms with Crippen LogP contribution in [0.2, 0.25) is 0 Å². The maximum Gasteiger partial charge on any atom is 0.239 e. The number of hydrogen-bond acceptors (Lipinski definition) is 4. The molecule has 2 saturated heterocycles. The first kappa shape index (κ1) is 19.7. The lowest BCUT2D eigenvalue weighted by Crippen LogP contribution is -2.42. The summed E-state index contributed by atoms with van der Waals surface area (Å²) in [5.74, 6) is 0.654. The smallest absolute Gasteiger partial charge is 0.239 e. The monoisotopic (exact) mass is 353 g/mol. The Kier molecular flexibility index (Phi) is 7.58. The number of rotatable bonds is 5. The highest BCUT2D eigenvalue weighted by Crippen LogP contribution is 2.27. The number of fused-ring (bicyclic) bond motifs is 1. The fraction of sp³-hybridized carbons (Fsp3) is 0.929. The Morgan fingerprint density at radius 2 is 1.64 bits per heavy atom. The van der Waals surface area contributed by atoms with Crippen LogP contribution in [0, 0.1) is 11.8 Å². The van der Waals surface area contributed by atoms with E-state index < -0.39 is 10.0 Å². The Morgan fingerprint density at radius 1 is 1.14 bits per heavy atom. The predicted molar refractivity (Wildman–Crippen MR) is 89.6 cm³/mol. The molecule has 8 heteroatoms. The van der Waals surface area contributed by atoms with Crippen LogP contribution in [0.15, 0.2) is 0 Å². The number of carbonyl (C=O) groups excluding carboxylic acids is 1. The minimum Gasteiger partial charge on any atom is -0.342 e. The fourth-order valence-electron chi connectivity index (χ4n) is 3.42. The van der Waals surface area contributed by atoms with Crippen LogP contribution < -0.4 is 5.32 Å². The van der Waals surface area contributed by atoms with E-state index in [1.807, 2.05) is 0 Å². The van der Waals surface area contributed by atoms with Gasteiger partial charge in [0.25, 0.3) is 0 Å². The topological polar surface area (TPSA) is 69.7 Å². The molecule has 2 aliphatic rings. The molecule has 2 aliphatic heterocycles. The van der Waals surface area contributed by atoms with Gasteiger partial charge < -0.3 is 10.2 Å². The molecule has 130 valence electrons. The van der Waals surface area contributed by atoms with Gasteiger partial charge in [0.05, 0.1) is 0 Å². The quantitative estimate of drug-likeness (QED) is 0.783. The maximum absolute atomic E-state index is 12.3. The molecule has 0 saturated carbocycles. The summed E-state index contributed by atoms with van der Waals surface area (Å²) in [7, 11) is -3.47. The SMILES string of the molecule is CCN(CC)S(=O)(=O)CC(=O)N1CC[C@@H]2CNC[C@@H]2CC1.Cl. The van der Waals surface area contributed by atoms with Gasteiger partial charge in [0.2, 0.25) is 15.9 Å². The largest absolute Gasteiger partial charge is 0.342 e. The Bertz CT molecular complexity index is 454. The van der Waals surface area contributed by atoms with Crippen LogP contribution >= 0.6 is 12.4 Å². The summed E-state index contributed by atoms with van der Waals surface area (Å²) in [6, 6.07) is 0. The Labute approximate surface area is 140 Å².